The Labute approximate surface area is 142 Å². The van der Waals surface area contributed by atoms with Crippen molar-refractivity contribution < 1.29 is 9.13 Å². The quantitative estimate of drug-likeness (QED) is 0.926. The Morgan fingerprint density at radius 2 is 1.91 bits per heavy atom. The van der Waals surface area contributed by atoms with E-state index in [1.165, 1.54) is 6.07 Å². The van der Waals surface area contributed by atoms with Crippen LogP contribution in [0.25, 0.3) is 0 Å². The molecule has 0 amide bonds. The van der Waals surface area contributed by atoms with Gasteiger partial charge < -0.3 is 10.1 Å². The van der Waals surface area contributed by atoms with Gasteiger partial charge in [-0.3, -0.25) is 4.90 Å². The largest absolute Gasteiger partial charge is 0.496 e. The van der Waals surface area contributed by atoms with Crippen molar-refractivity contribution in [1.82, 2.24) is 10.2 Å². The normalized spacial score (nSPS) is 18.3. The molecule has 2 aromatic carbocycles. The van der Waals surface area contributed by atoms with E-state index in [4.69, 9.17) is 4.74 Å². The number of methoxy groups -OCH3 is 1. The highest BCUT2D eigenvalue weighted by molar-refractivity contribution is 5.85. The third-order valence-electron chi connectivity index (χ3n) is 4.18. The van der Waals surface area contributed by atoms with Gasteiger partial charge in [0, 0.05) is 37.3 Å². The number of benzene rings is 2. The highest BCUT2D eigenvalue weighted by atomic mass is 35.5. The van der Waals surface area contributed by atoms with E-state index in [0.717, 1.165) is 36.5 Å². The summed E-state index contributed by atoms with van der Waals surface area (Å²) in [5, 5.41) is 3.42. The Morgan fingerprint density at radius 3 is 2.70 bits per heavy atom. The summed E-state index contributed by atoms with van der Waals surface area (Å²) in [4.78, 5) is 2.31. The van der Waals surface area contributed by atoms with E-state index < -0.39 is 0 Å². The second kappa shape index (κ2) is 8.29. The van der Waals surface area contributed by atoms with Gasteiger partial charge in [-0.1, -0.05) is 36.4 Å². The number of nitrogens with zero attached hydrogens (tertiary/aromatic N) is 1. The Bertz CT molecular complexity index is 638. The lowest BCUT2D eigenvalue weighted by atomic mass is 10.0. The number of piperazine rings is 1. The molecule has 0 radical (unpaired) electrons. The molecule has 1 fully saturated rings. The highest BCUT2D eigenvalue weighted by Crippen LogP contribution is 2.31. The van der Waals surface area contributed by atoms with Gasteiger partial charge in [-0.25, -0.2) is 4.39 Å². The van der Waals surface area contributed by atoms with Crippen molar-refractivity contribution in [3.63, 3.8) is 0 Å². The monoisotopic (exact) mass is 336 g/mol. The van der Waals surface area contributed by atoms with Crippen LogP contribution in [-0.4, -0.2) is 31.6 Å². The first-order valence-corrected chi connectivity index (χ1v) is 7.60. The Morgan fingerprint density at radius 1 is 1.17 bits per heavy atom. The van der Waals surface area contributed by atoms with Crippen LogP contribution in [0.2, 0.25) is 0 Å². The maximum Gasteiger partial charge on any atom is 0.127 e. The highest BCUT2D eigenvalue weighted by Gasteiger charge is 2.26. The van der Waals surface area contributed by atoms with Gasteiger partial charge in [0.1, 0.15) is 11.6 Å². The van der Waals surface area contributed by atoms with Crippen molar-refractivity contribution >= 4 is 12.4 Å². The third kappa shape index (κ3) is 4.02. The number of nitrogens with one attached hydrogen (secondary N) is 1. The summed E-state index contributed by atoms with van der Waals surface area (Å²) in [6.45, 7) is 3.25. The molecule has 1 atom stereocenters. The molecule has 1 aliphatic heterocycles. The van der Waals surface area contributed by atoms with E-state index >= 15 is 0 Å². The number of hydrogen-bond donors (Lipinski definition) is 1. The van der Waals surface area contributed by atoms with Gasteiger partial charge in [0.15, 0.2) is 0 Å². The van der Waals surface area contributed by atoms with Gasteiger partial charge in [-0.2, -0.15) is 0 Å². The molecule has 124 valence electrons. The summed E-state index contributed by atoms with van der Waals surface area (Å²) in [5.41, 5.74) is 1.89. The van der Waals surface area contributed by atoms with Crippen molar-refractivity contribution in [2.45, 2.75) is 12.6 Å². The lowest BCUT2D eigenvalue weighted by molar-refractivity contribution is 0.149. The molecule has 3 rings (SSSR count). The molecule has 1 heterocycles. The Kier molecular flexibility index (Phi) is 6.39. The number of para-hydroxylation sites is 1. The molecule has 5 heteroatoms. The SMILES string of the molecule is COc1ccccc1C1CNCCN1Cc1ccccc1F.Cl. The molecule has 1 aliphatic rings. The Hall–Kier alpha value is -1.62. The molecule has 0 aromatic heterocycles. The molecule has 1 N–H and O–H groups in total. The lowest BCUT2D eigenvalue weighted by Crippen LogP contribution is -2.45. The zero-order chi connectivity index (χ0) is 15.4. The predicted molar refractivity (Wildman–Crippen MR) is 92.7 cm³/mol. The second-order valence-corrected chi connectivity index (χ2v) is 5.52. The molecule has 23 heavy (non-hydrogen) atoms. The molecule has 0 aliphatic carbocycles. The van der Waals surface area contributed by atoms with E-state index in [1.54, 1.807) is 13.2 Å². The zero-order valence-electron chi connectivity index (χ0n) is 13.2. The minimum absolute atomic E-state index is 0. The second-order valence-electron chi connectivity index (χ2n) is 5.52. The number of ether oxygens (including phenoxy) is 1. The first-order chi connectivity index (χ1) is 10.8. The molecule has 2 aromatic rings. The standard InChI is InChI=1S/C18H21FN2O.ClH/c1-22-18-9-5-3-7-15(18)17-12-20-10-11-21(17)13-14-6-2-4-8-16(14)19;/h2-9,17,20H,10-13H2,1H3;1H. The minimum atomic E-state index is -0.139. The van der Waals surface area contributed by atoms with E-state index in [0.29, 0.717) is 6.54 Å². The summed E-state index contributed by atoms with van der Waals surface area (Å²) in [6, 6.07) is 15.2. The summed E-state index contributed by atoms with van der Waals surface area (Å²) >= 11 is 0. The van der Waals surface area contributed by atoms with Crippen LogP contribution in [0.1, 0.15) is 17.2 Å². The topological polar surface area (TPSA) is 24.5 Å². The van der Waals surface area contributed by atoms with Gasteiger partial charge in [0.25, 0.3) is 0 Å². The van der Waals surface area contributed by atoms with Gasteiger partial charge in [0.05, 0.1) is 13.2 Å². The van der Waals surface area contributed by atoms with Crippen LogP contribution in [0, 0.1) is 5.82 Å². The van der Waals surface area contributed by atoms with E-state index in [1.807, 2.05) is 30.3 Å². The maximum absolute atomic E-state index is 14.0. The first-order valence-electron chi connectivity index (χ1n) is 7.60. The predicted octanol–water partition coefficient (Wildman–Crippen LogP) is 3.40. The summed E-state index contributed by atoms with van der Waals surface area (Å²) < 4.78 is 19.4. The van der Waals surface area contributed by atoms with E-state index in [2.05, 4.69) is 16.3 Å². The van der Waals surface area contributed by atoms with Gasteiger partial charge in [-0.05, 0) is 12.1 Å². The number of halogens is 2. The van der Waals surface area contributed by atoms with E-state index in [-0.39, 0.29) is 24.3 Å². The summed E-state index contributed by atoms with van der Waals surface area (Å²) in [5.74, 6) is 0.745. The number of rotatable bonds is 4. The summed E-state index contributed by atoms with van der Waals surface area (Å²) in [6.07, 6.45) is 0. The van der Waals surface area contributed by atoms with Crippen molar-refractivity contribution in [2.75, 3.05) is 26.7 Å². The van der Waals surface area contributed by atoms with Crippen LogP contribution in [0.5, 0.6) is 5.75 Å². The fourth-order valence-corrected chi connectivity index (χ4v) is 3.03. The molecular weight excluding hydrogens is 315 g/mol. The van der Waals surface area contributed by atoms with Crippen LogP contribution in [0.4, 0.5) is 4.39 Å². The Balaban J connectivity index is 0.00000192. The minimum Gasteiger partial charge on any atom is -0.496 e. The molecule has 1 saturated heterocycles. The van der Waals surface area contributed by atoms with Crippen molar-refractivity contribution in [3.05, 3.63) is 65.5 Å². The molecule has 1 unspecified atom stereocenters. The van der Waals surface area contributed by atoms with Crippen molar-refractivity contribution in [3.8, 4) is 5.75 Å². The van der Waals surface area contributed by atoms with Crippen LogP contribution in [0.15, 0.2) is 48.5 Å². The molecule has 0 saturated carbocycles. The van der Waals surface area contributed by atoms with Crippen LogP contribution in [0.3, 0.4) is 0 Å². The summed E-state index contributed by atoms with van der Waals surface area (Å²) in [7, 11) is 1.69. The van der Waals surface area contributed by atoms with Gasteiger partial charge in [-0.15, -0.1) is 12.4 Å². The fraction of sp³-hybridized carbons (Fsp3) is 0.333. The average molecular weight is 337 g/mol. The van der Waals surface area contributed by atoms with Crippen LogP contribution in [-0.2, 0) is 6.54 Å². The first kappa shape index (κ1) is 17.7. The smallest absolute Gasteiger partial charge is 0.127 e. The molecule has 0 spiro atoms. The van der Waals surface area contributed by atoms with Crippen molar-refractivity contribution in [2.24, 2.45) is 0 Å². The third-order valence-corrected chi connectivity index (χ3v) is 4.18. The molecule has 3 nitrogen and oxygen atoms in total. The van der Waals surface area contributed by atoms with Gasteiger partial charge >= 0.3 is 0 Å². The average Bonchev–Trinajstić information content (AvgIpc) is 2.57. The van der Waals surface area contributed by atoms with Crippen molar-refractivity contribution in [1.29, 1.82) is 0 Å². The lowest BCUT2D eigenvalue weighted by Gasteiger charge is -2.37. The van der Waals surface area contributed by atoms with Crippen LogP contribution >= 0.6 is 12.4 Å². The molecular formula is C18H22ClFN2O. The van der Waals surface area contributed by atoms with E-state index in [9.17, 15) is 4.39 Å². The van der Waals surface area contributed by atoms with Crippen LogP contribution < -0.4 is 10.1 Å². The number of hydrogen-bond acceptors (Lipinski definition) is 3. The molecule has 0 bridgehead atoms. The fourth-order valence-electron chi connectivity index (χ4n) is 3.03. The van der Waals surface area contributed by atoms with Gasteiger partial charge in [0.2, 0.25) is 0 Å². The maximum atomic E-state index is 14.0. The zero-order valence-corrected chi connectivity index (χ0v) is 14.0.